The summed E-state index contributed by atoms with van der Waals surface area (Å²) >= 11 is 7.41. The lowest BCUT2D eigenvalue weighted by Crippen LogP contribution is -2.42. The Morgan fingerprint density at radius 1 is 1.52 bits per heavy atom. The van der Waals surface area contributed by atoms with E-state index < -0.39 is 0 Å². The van der Waals surface area contributed by atoms with Crippen LogP contribution in [-0.4, -0.2) is 48.3 Å². The minimum absolute atomic E-state index is 0.130. The van der Waals surface area contributed by atoms with Crippen LogP contribution in [0.3, 0.4) is 0 Å². The van der Waals surface area contributed by atoms with Gasteiger partial charge in [0.05, 0.1) is 16.4 Å². The van der Waals surface area contributed by atoms with Gasteiger partial charge in [0.1, 0.15) is 0 Å². The number of hydrogen-bond acceptors (Lipinski definition) is 4. The molecule has 4 nitrogen and oxygen atoms in total. The highest BCUT2D eigenvalue weighted by Gasteiger charge is 2.27. The van der Waals surface area contributed by atoms with Crippen LogP contribution >= 0.6 is 22.9 Å². The molecule has 2 rings (SSSR count). The summed E-state index contributed by atoms with van der Waals surface area (Å²) in [6, 6.07) is 3.77. The summed E-state index contributed by atoms with van der Waals surface area (Å²) in [6.45, 7) is 4.18. The van der Waals surface area contributed by atoms with Crippen molar-refractivity contribution < 1.29 is 14.6 Å². The second-order valence-electron chi connectivity index (χ2n) is 5.34. The predicted octanol–water partition coefficient (Wildman–Crippen LogP) is 2.90. The second-order valence-corrected chi connectivity index (χ2v) is 7.08. The molecular formula is C15H22ClNO3S. The third-order valence-corrected chi connectivity index (χ3v) is 5.21. The van der Waals surface area contributed by atoms with Gasteiger partial charge >= 0.3 is 0 Å². The number of carbonyl (C=O) groups is 1. The Morgan fingerprint density at radius 2 is 2.24 bits per heavy atom. The van der Waals surface area contributed by atoms with E-state index in [1.54, 1.807) is 0 Å². The van der Waals surface area contributed by atoms with Gasteiger partial charge in [0, 0.05) is 31.2 Å². The maximum absolute atomic E-state index is 12.5. The Kier molecular flexibility index (Phi) is 6.48. The monoisotopic (exact) mass is 331 g/mol. The van der Waals surface area contributed by atoms with Gasteiger partial charge in [0.15, 0.2) is 0 Å². The molecule has 1 saturated heterocycles. The minimum atomic E-state index is -0.130. The van der Waals surface area contributed by atoms with Crippen molar-refractivity contribution >= 4 is 28.8 Å². The number of carbonyl (C=O) groups excluding carboxylic acids is 1. The van der Waals surface area contributed by atoms with E-state index in [1.165, 1.54) is 11.3 Å². The van der Waals surface area contributed by atoms with Crippen molar-refractivity contribution in [3.05, 3.63) is 21.3 Å². The topological polar surface area (TPSA) is 49.8 Å². The molecule has 0 spiro atoms. The van der Waals surface area contributed by atoms with Crippen molar-refractivity contribution in [3.63, 3.8) is 0 Å². The zero-order valence-corrected chi connectivity index (χ0v) is 13.8. The SMILES string of the molecule is CC(C(=O)N1CCC(OCCCO)CC1)c1ccc(Cl)s1. The fraction of sp³-hybridized carbons (Fsp3) is 0.667. The molecule has 21 heavy (non-hydrogen) atoms. The Labute approximate surface area is 134 Å². The largest absolute Gasteiger partial charge is 0.396 e. The lowest BCUT2D eigenvalue weighted by Gasteiger charge is -2.33. The first-order chi connectivity index (χ1) is 10.1. The Balaban J connectivity index is 1.80. The highest BCUT2D eigenvalue weighted by atomic mass is 35.5. The van der Waals surface area contributed by atoms with Crippen LogP contribution in [0.1, 0.15) is 37.0 Å². The van der Waals surface area contributed by atoms with E-state index in [-0.39, 0.29) is 24.5 Å². The average Bonchev–Trinajstić information content (AvgIpc) is 2.93. The molecule has 0 bridgehead atoms. The lowest BCUT2D eigenvalue weighted by atomic mass is 10.0. The summed E-state index contributed by atoms with van der Waals surface area (Å²) in [5.74, 6) is 0.0386. The number of amides is 1. The van der Waals surface area contributed by atoms with Crippen molar-refractivity contribution in [1.29, 1.82) is 0 Å². The van der Waals surface area contributed by atoms with Crippen LogP contribution in [0, 0.1) is 0 Å². The molecule has 1 aliphatic rings. The third-order valence-electron chi connectivity index (χ3n) is 3.80. The van der Waals surface area contributed by atoms with Crippen molar-refractivity contribution in [2.45, 2.75) is 38.2 Å². The molecule has 1 unspecified atom stereocenters. The molecule has 118 valence electrons. The number of thiophene rings is 1. The van der Waals surface area contributed by atoms with Gasteiger partial charge in [-0.15, -0.1) is 11.3 Å². The van der Waals surface area contributed by atoms with Crippen LogP contribution in [0.5, 0.6) is 0 Å². The van der Waals surface area contributed by atoms with Crippen LogP contribution in [0.4, 0.5) is 0 Å². The molecule has 1 atom stereocenters. The summed E-state index contributed by atoms with van der Waals surface area (Å²) in [7, 11) is 0. The number of rotatable bonds is 6. The van der Waals surface area contributed by atoms with Gasteiger partial charge in [-0.1, -0.05) is 11.6 Å². The fourth-order valence-corrected chi connectivity index (χ4v) is 3.62. The molecule has 1 amide bonds. The third kappa shape index (κ3) is 4.68. The van der Waals surface area contributed by atoms with E-state index in [4.69, 9.17) is 21.4 Å². The predicted molar refractivity (Wildman–Crippen MR) is 85.0 cm³/mol. The zero-order valence-electron chi connectivity index (χ0n) is 12.3. The number of aliphatic hydroxyl groups is 1. The first kappa shape index (κ1) is 16.7. The molecule has 0 radical (unpaired) electrons. The molecule has 0 aliphatic carbocycles. The summed E-state index contributed by atoms with van der Waals surface area (Å²) in [5, 5.41) is 8.74. The van der Waals surface area contributed by atoms with E-state index in [0.29, 0.717) is 13.0 Å². The smallest absolute Gasteiger partial charge is 0.230 e. The van der Waals surface area contributed by atoms with Gasteiger partial charge in [0.2, 0.25) is 5.91 Å². The molecule has 1 aromatic heterocycles. The van der Waals surface area contributed by atoms with Crippen LogP contribution in [0.15, 0.2) is 12.1 Å². The number of piperidine rings is 1. The number of nitrogens with zero attached hydrogens (tertiary/aromatic N) is 1. The van der Waals surface area contributed by atoms with Gasteiger partial charge in [-0.3, -0.25) is 4.79 Å². The first-order valence-electron chi connectivity index (χ1n) is 7.38. The van der Waals surface area contributed by atoms with Gasteiger partial charge in [0.25, 0.3) is 0 Å². The molecule has 1 aromatic rings. The highest BCUT2D eigenvalue weighted by molar-refractivity contribution is 7.16. The molecule has 1 fully saturated rings. The van der Waals surface area contributed by atoms with E-state index in [1.807, 2.05) is 24.0 Å². The molecule has 0 aromatic carbocycles. The van der Waals surface area contributed by atoms with E-state index in [9.17, 15) is 4.79 Å². The maximum atomic E-state index is 12.5. The maximum Gasteiger partial charge on any atom is 0.230 e. The van der Waals surface area contributed by atoms with Crippen LogP contribution in [0.2, 0.25) is 4.34 Å². The molecular weight excluding hydrogens is 310 g/mol. The number of halogens is 1. The Bertz CT molecular complexity index is 458. The van der Waals surface area contributed by atoms with Crippen LogP contribution in [0.25, 0.3) is 0 Å². The average molecular weight is 332 g/mol. The Morgan fingerprint density at radius 3 is 2.81 bits per heavy atom. The normalized spacial score (nSPS) is 18.0. The molecule has 0 saturated carbocycles. The van der Waals surface area contributed by atoms with Gasteiger partial charge in [-0.25, -0.2) is 0 Å². The first-order valence-corrected chi connectivity index (χ1v) is 8.57. The Hall–Kier alpha value is -0.620. The van der Waals surface area contributed by atoms with Crippen molar-refractivity contribution in [3.8, 4) is 0 Å². The quantitative estimate of drug-likeness (QED) is 0.815. The minimum Gasteiger partial charge on any atom is -0.396 e. The van der Waals surface area contributed by atoms with Crippen LogP contribution in [-0.2, 0) is 9.53 Å². The summed E-state index contributed by atoms with van der Waals surface area (Å²) < 4.78 is 6.41. The van der Waals surface area contributed by atoms with Gasteiger partial charge in [-0.2, -0.15) is 0 Å². The fourth-order valence-electron chi connectivity index (χ4n) is 2.51. The van der Waals surface area contributed by atoms with Gasteiger partial charge in [-0.05, 0) is 38.3 Å². The zero-order chi connectivity index (χ0) is 15.2. The summed E-state index contributed by atoms with van der Waals surface area (Å²) in [4.78, 5) is 15.4. The number of likely N-dealkylation sites (tertiary alicyclic amines) is 1. The molecule has 1 N–H and O–H groups in total. The van der Waals surface area contributed by atoms with E-state index in [0.717, 1.165) is 35.1 Å². The summed E-state index contributed by atoms with van der Waals surface area (Å²) in [6.07, 6.45) is 2.63. The van der Waals surface area contributed by atoms with E-state index in [2.05, 4.69) is 0 Å². The van der Waals surface area contributed by atoms with Crippen molar-refractivity contribution in [1.82, 2.24) is 4.90 Å². The van der Waals surface area contributed by atoms with E-state index >= 15 is 0 Å². The van der Waals surface area contributed by atoms with Crippen molar-refractivity contribution in [2.24, 2.45) is 0 Å². The molecule has 1 aliphatic heterocycles. The van der Waals surface area contributed by atoms with Gasteiger partial charge < -0.3 is 14.7 Å². The number of ether oxygens (including phenoxy) is 1. The standard InChI is InChI=1S/C15H22ClNO3S/c1-11(13-3-4-14(16)21-13)15(19)17-7-5-12(6-8-17)20-10-2-9-18/h3-4,11-12,18H,2,5-10H2,1H3. The molecule has 2 heterocycles. The number of hydrogen-bond donors (Lipinski definition) is 1. The highest BCUT2D eigenvalue weighted by Crippen LogP contribution is 2.30. The van der Waals surface area contributed by atoms with Crippen molar-refractivity contribution in [2.75, 3.05) is 26.3 Å². The number of aliphatic hydroxyl groups excluding tert-OH is 1. The second kappa shape index (κ2) is 8.13. The summed E-state index contributed by atoms with van der Waals surface area (Å²) in [5.41, 5.74) is 0. The molecule has 6 heteroatoms. The van der Waals surface area contributed by atoms with Crippen LogP contribution < -0.4 is 0 Å². The lowest BCUT2D eigenvalue weighted by molar-refractivity contribution is -0.135.